The molecule has 3 rings (SSSR count). The lowest BCUT2D eigenvalue weighted by molar-refractivity contribution is 0.283. The molecule has 0 bridgehead atoms. The quantitative estimate of drug-likeness (QED) is 0.743. The number of ether oxygens (including phenoxy) is 2. The first-order chi connectivity index (χ1) is 8.29. The van der Waals surface area contributed by atoms with Crippen LogP contribution in [-0.2, 0) is 6.54 Å². The SMILES string of the molecule is COc1ccc2c3c1OCC3CCCN(C)C2. The van der Waals surface area contributed by atoms with Gasteiger partial charge in [-0.1, -0.05) is 6.07 Å². The first kappa shape index (κ1) is 10.9. The Morgan fingerprint density at radius 1 is 1.41 bits per heavy atom. The van der Waals surface area contributed by atoms with Gasteiger partial charge in [0.05, 0.1) is 13.7 Å². The highest BCUT2D eigenvalue weighted by Crippen LogP contribution is 2.45. The molecule has 0 saturated heterocycles. The van der Waals surface area contributed by atoms with Crippen molar-refractivity contribution in [3.05, 3.63) is 23.3 Å². The summed E-state index contributed by atoms with van der Waals surface area (Å²) in [6.45, 7) is 3.02. The van der Waals surface area contributed by atoms with E-state index in [4.69, 9.17) is 9.47 Å². The molecule has 1 aromatic rings. The average Bonchev–Trinajstić information content (AvgIpc) is 2.72. The Hall–Kier alpha value is -1.22. The minimum atomic E-state index is 0.573. The van der Waals surface area contributed by atoms with E-state index in [1.54, 1.807) is 7.11 Å². The van der Waals surface area contributed by atoms with E-state index in [1.165, 1.54) is 30.5 Å². The summed E-state index contributed by atoms with van der Waals surface area (Å²) in [6.07, 6.45) is 2.47. The lowest BCUT2D eigenvalue weighted by atomic mass is 9.90. The van der Waals surface area contributed by atoms with Gasteiger partial charge in [-0.3, -0.25) is 0 Å². The van der Waals surface area contributed by atoms with Crippen LogP contribution in [0.3, 0.4) is 0 Å². The second kappa shape index (κ2) is 4.22. The van der Waals surface area contributed by atoms with Crippen molar-refractivity contribution in [1.82, 2.24) is 4.90 Å². The van der Waals surface area contributed by atoms with E-state index >= 15 is 0 Å². The fourth-order valence-electron chi connectivity index (χ4n) is 2.99. The summed E-state index contributed by atoms with van der Waals surface area (Å²) in [5.41, 5.74) is 2.81. The first-order valence-electron chi connectivity index (χ1n) is 6.30. The third kappa shape index (κ3) is 1.78. The van der Waals surface area contributed by atoms with Crippen molar-refractivity contribution >= 4 is 0 Å². The second-order valence-electron chi connectivity index (χ2n) is 5.06. The highest BCUT2D eigenvalue weighted by molar-refractivity contribution is 5.54. The Labute approximate surface area is 102 Å². The first-order valence-corrected chi connectivity index (χ1v) is 6.30. The lowest BCUT2D eigenvalue weighted by Gasteiger charge is -2.24. The molecule has 0 saturated carbocycles. The molecule has 2 aliphatic rings. The Morgan fingerprint density at radius 3 is 3.12 bits per heavy atom. The molecule has 3 heteroatoms. The number of nitrogens with zero attached hydrogens (tertiary/aromatic N) is 1. The number of rotatable bonds is 1. The normalized spacial score (nSPS) is 23.5. The van der Waals surface area contributed by atoms with E-state index < -0.39 is 0 Å². The largest absolute Gasteiger partial charge is 0.493 e. The van der Waals surface area contributed by atoms with Crippen molar-refractivity contribution in [2.45, 2.75) is 25.3 Å². The van der Waals surface area contributed by atoms with Crippen molar-refractivity contribution in [3.8, 4) is 11.5 Å². The number of hydrogen-bond acceptors (Lipinski definition) is 3. The van der Waals surface area contributed by atoms with Crippen LogP contribution in [-0.4, -0.2) is 32.2 Å². The molecule has 0 spiro atoms. The molecule has 0 amide bonds. The van der Waals surface area contributed by atoms with E-state index in [9.17, 15) is 0 Å². The van der Waals surface area contributed by atoms with Gasteiger partial charge >= 0.3 is 0 Å². The molecule has 1 atom stereocenters. The Bertz CT molecular complexity index is 430. The molecular weight excluding hydrogens is 214 g/mol. The second-order valence-corrected chi connectivity index (χ2v) is 5.06. The minimum Gasteiger partial charge on any atom is -0.493 e. The zero-order chi connectivity index (χ0) is 11.8. The van der Waals surface area contributed by atoms with Crippen LogP contribution in [0.15, 0.2) is 12.1 Å². The molecule has 1 aromatic carbocycles. The molecule has 3 nitrogen and oxygen atoms in total. The summed E-state index contributed by atoms with van der Waals surface area (Å²) in [5, 5.41) is 0. The minimum absolute atomic E-state index is 0.573. The van der Waals surface area contributed by atoms with E-state index in [1.807, 2.05) is 6.07 Å². The fraction of sp³-hybridized carbons (Fsp3) is 0.571. The van der Waals surface area contributed by atoms with E-state index in [-0.39, 0.29) is 0 Å². The van der Waals surface area contributed by atoms with Gasteiger partial charge in [-0.15, -0.1) is 0 Å². The van der Waals surface area contributed by atoms with Crippen LogP contribution in [0, 0.1) is 0 Å². The molecule has 92 valence electrons. The molecule has 2 heterocycles. The van der Waals surface area contributed by atoms with Gasteiger partial charge in [-0.2, -0.15) is 0 Å². The van der Waals surface area contributed by atoms with Gasteiger partial charge in [0.2, 0.25) is 0 Å². The predicted octanol–water partition coefficient (Wildman–Crippen LogP) is 2.40. The van der Waals surface area contributed by atoms with Gasteiger partial charge in [-0.25, -0.2) is 0 Å². The van der Waals surface area contributed by atoms with Gasteiger partial charge in [0.1, 0.15) is 0 Å². The van der Waals surface area contributed by atoms with Crippen LogP contribution >= 0.6 is 0 Å². The fourth-order valence-corrected chi connectivity index (χ4v) is 2.99. The molecule has 0 fully saturated rings. The smallest absolute Gasteiger partial charge is 0.165 e. The lowest BCUT2D eigenvalue weighted by Crippen LogP contribution is -2.23. The summed E-state index contributed by atoms with van der Waals surface area (Å²) in [4.78, 5) is 2.39. The highest BCUT2D eigenvalue weighted by Gasteiger charge is 2.31. The van der Waals surface area contributed by atoms with Crippen molar-refractivity contribution in [3.63, 3.8) is 0 Å². The van der Waals surface area contributed by atoms with E-state index in [0.29, 0.717) is 5.92 Å². The summed E-state index contributed by atoms with van der Waals surface area (Å²) in [5.74, 6) is 2.45. The topological polar surface area (TPSA) is 21.7 Å². The van der Waals surface area contributed by atoms with Crippen molar-refractivity contribution in [2.75, 3.05) is 27.3 Å². The molecule has 1 unspecified atom stereocenters. The molecule has 0 aliphatic carbocycles. The van der Waals surface area contributed by atoms with E-state index in [0.717, 1.165) is 24.7 Å². The summed E-state index contributed by atoms with van der Waals surface area (Å²) in [7, 11) is 3.90. The predicted molar refractivity (Wildman–Crippen MR) is 66.8 cm³/mol. The Balaban J connectivity index is 2.09. The maximum atomic E-state index is 5.85. The van der Waals surface area contributed by atoms with E-state index in [2.05, 4.69) is 18.0 Å². The maximum Gasteiger partial charge on any atom is 0.165 e. The molecular formula is C14H19NO2. The number of hydrogen-bond donors (Lipinski definition) is 0. The molecule has 17 heavy (non-hydrogen) atoms. The maximum absolute atomic E-state index is 5.85. The van der Waals surface area contributed by atoms with Crippen LogP contribution < -0.4 is 9.47 Å². The van der Waals surface area contributed by atoms with Crippen LogP contribution in [0.25, 0.3) is 0 Å². The Morgan fingerprint density at radius 2 is 2.29 bits per heavy atom. The van der Waals surface area contributed by atoms with Gasteiger partial charge in [-0.05, 0) is 38.1 Å². The molecule has 0 N–H and O–H groups in total. The van der Waals surface area contributed by atoms with Crippen molar-refractivity contribution < 1.29 is 9.47 Å². The zero-order valence-electron chi connectivity index (χ0n) is 10.5. The van der Waals surface area contributed by atoms with Crippen LogP contribution in [0.5, 0.6) is 11.5 Å². The van der Waals surface area contributed by atoms with Crippen molar-refractivity contribution in [2.24, 2.45) is 0 Å². The van der Waals surface area contributed by atoms with Gasteiger partial charge < -0.3 is 14.4 Å². The average molecular weight is 233 g/mol. The monoisotopic (exact) mass is 233 g/mol. The summed E-state index contributed by atoms with van der Waals surface area (Å²) < 4.78 is 11.2. The highest BCUT2D eigenvalue weighted by atomic mass is 16.5. The van der Waals surface area contributed by atoms with Gasteiger partial charge in [0, 0.05) is 18.0 Å². The summed E-state index contributed by atoms with van der Waals surface area (Å²) in [6, 6.07) is 4.23. The third-order valence-electron chi connectivity index (χ3n) is 3.84. The van der Waals surface area contributed by atoms with Crippen LogP contribution in [0.4, 0.5) is 0 Å². The third-order valence-corrected chi connectivity index (χ3v) is 3.84. The van der Waals surface area contributed by atoms with Crippen LogP contribution in [0.2, 0.25) is 0 Å². The van der Waals surface area contributed by atoms with Gasteiger partial charge in [0.25, 0.3) is 0 Å². The van der Waals surface area contributed by atoms with Crippen LogP contribution in [0.1, 0.15) is 29.9 Å². The van der Waals surface area contributed by atoms with Gasteiger partial charge in [0.15, 0.2) is 11.5 Å². The standard InChI is InChI=1S/C14H19NO2/c1-15-7-3-4-11-9-17-14-12(16-2)6-5-10(8-15)13(11)14/h5-6,11H,3-4,7-9H2,1-2H3. The molecule has 2 aliphatic heterocycles. The molecule has 0 aromatic heterocycles. The zero-order valence-corrected chi connectivity index (χ0v) is 10.5. The number of benzene rings is 1. The van der Waals surface area contributed by atoms with Crippen molar-refractivity contribution in [1.29, 1.82) is 0 Å². The molecule has 0 radical (unpaired) electrons. The number of methoxy groups -OCH3 is 1. The summed E-state index contributed by atoms with van der Waals surface area (Å²) >= 11 is 0. The Kier molecular flexibility index (Phi) is 2.71.